The number of methoxy groups -OCH3 is 1. The summed E-state index contributed by atoms with van der Waals surface area (Å²) in [6.45, 7) is -0.0408. The Hall–Kier alpha value is -1.89. The van der Waals surface area contributed by atoms with Crippen molar-refractivity contribution in [3.05, 3.63) is 59.7 Å². The first kappa shape index (κ1) is 15.5. The quantitative estimate of drug-likeness (QED) is 0.851. The molecule has 0 bridgehead atoms. The van der Waals surface area contributed by atoms with Crippen LogP contribution < -0.4 is 9.46 Å². The molecule has 0 saturated carbocycles. The fourth-order valence-corrected chi connectivity index (χ4v) is 3.12. The maximum atomic E-state index is 12.4. The van der Waals surface area contributed by atoms with Crippen molar-refractivity contribution in [2.45, 2.75) is 18.0 Å². The average molecular weight is 307 g/mol. The van der Waals surface area contributed by atoms with Crippen molar-refractivity contribution >= 4 is 10.0 Å². The second kappa shape index (κ2) is 6.71. The summed E-state index contributed by atoms with van der Waals surface area (Å²) in [7, 11) is -2.31. The lowest BCUT2D eigenvalue weighted by Crippen LogP contribution is -2.24. The summed E-state index contributed by atoms with van der Waals surface area (Å²) in [6, 6.07) is 13.8. The van der Waals surface area contributed by atoms with Crippen LogP contribution >= 0.6 is 0 Å². The molecule has 2 aromatic rings. The number of benzene rings is 2. The Balaban J connectivity index is 2.26. The Bertz CT molecular complexity index is 699. The van der Waals surface area contributed by atoms with E-state index in [0.29, 0.717) is 5.56 Å². The summed E-state index contributed by atoms with van der Waals surface area (Å²) < 4.78 is 32.4. The standard InChI is InChI=1S/C15H17NO4S/c1-20-14-8-7-13(11-17)9-15(14)21(18,19)16-10-12-5-3-2-4-6-12/h2-9,16-17H,10-11H2,1H3. The second-order valence-corrected chi connectivity index (χ2v) is 6.19. The Morgan fingerprint density at radius 2 is 1.81 bits per heavy atom. The predicted molar refractivity (Wildman–Crippen MR) is 79.4 cm³/mol. The van der Waals surface area contributed by atoms with E-state index in [1.807, 2.05) is 30.3 Å². The molecule has 21 heavy (non-hydrogen) atoms. The number of hydrogen-bond acceptors (Lipinski definition) is 4. The van der Waals surface area contributed by atoms with Gasteiger partial charge in [0.1, 0.15) is 10.6 Å². The first-order valence-electron chi connectivity index (χ1n) is 6.38. The lowest BCUT2D eigenvalue weighted by Gasteiger charge is -2.12. The molecule has 6 heteroatoms. The number of ether oxygens (including phenoxy) is 1. The molecule has 0 aliphatic heterocycles. The Kier molecular flexibility index (Phi) is 4.95. The van der Waals surface area contributed by atoms with E-state index in [9.17, 15) is 8.42 Å². The van der Waals surface area contributed by atoms with Gasteiger partial charge in [-0.1, -0.05) is 36.4 Å². The minimum Gasteiger partial charge on any atom is -0.495 e. The fourth-order valence-electron chi connectivity index (χ4n) is 1.88. The summed E-state index contributed by atoms with van der Waals surface area (Å²) >= 11 is 0. The van der Waals surface area contributed by atoms with Crippen molar-refractivity contribution < 1.29 is 18.3 Å². The summed E-state index contributed by atoms with van der Waals surface area (Å²) in [5, 5.41) is 9.14. The van der Waals surface area contributed by atoms with Gasteiger partial charge in [0.2, 0.25) is 10.0 Å². The van der Waals surface area contributed by atoms with E-state index in [4.69, 9.17) is 9.84 Å². The lowest BCUT2D eigenvalue weighted by molar-refractivity contribution is 0.281. The van der Waals surface area contributed by atoms with Gasteiger partial charge in [0.05, 0.1) is 13.7 Å². The number of aliphatic hydroxyl groups is 1. The van der Waals surface area contributed by atoms with E-state index in [-0.39, 0.29) is 23.8 Å². The average Bonchev–Trinajstić information content (AvgIpc) is 2.53. The van der Waals surface area contributed by atoms with Gasteiger partial charge in [0.15, 0.2) is 0 Å². The van der Waals surface area contributed by atoms with Crippen LogP contribution in [0.1, 0.15) is 11.1 Å². The second-order valence-electron chi connectivity index (χ2n) is 4.45. The van der Waals surface area contributed by atoms with Crippen molar-refractivity contribution in [2.75, 3.05) is 7.11 Å². The highest BCUT2D eigenvalue weighted by atomic mass is 32.2. The van der Waals surface area contributed by atoms with Gasteiger partial charge in [-0.25, -0.2) is 13.1 Å². The molecule has 0 spiro atoms. The Labute approximate surface area is 124 Å². The van der Waals surface area contributed by atoms with Crippen LogP contribution in [0.15, 0.2) is 53.4 Å². The minimum atomic E-state index is -3.72. The first-order chi connectivity index (χ1) is 10.1. The molecule has 0 atom stereocenters. The third kappa shape index (κ3) is 3.81. The molecule has 0 saturated heterocycles. The maximum Gasteiger partial charge on any atom is 0.244 e. The lowest BCUT2D eigenvalue weighted by atomic mass is 10.2. The molecule has 0 amide bonds. The Morgan fingerprint density at radius 1 is 1.10 bits per heavy atom. The van der Waals surface area contributed by atoms with Crippen LogP contribution in [-0.4, -0.2) is 20.6 Å². The van der Waals surface area contributed by atoms with Crippen LogP contribution in [-0.2, 0) is 23.2 Å². The van der Waals surface area contributed by atoms with Crippen LogP contribution in [0.4, 0.5) is 0 Å². The van der Waals surface area contributed by atoms with Gasteiger partial charge < -0.3 is 9.84 Å². The minimum absolute atomic E-state index is 0.0208. The zero-order valence-electron chi connectivity index (χ0n) is 11.6. The number of aliphatic hydroxyl groups excluding tert-OH is 1. The summed E-state index contributed by atoms with van der Waals surface area (Å²) in [5.74, 6) is 0.243. The van der Waals surface area contributed by atoms with Crippen molar-refractivity contribution in [1.82, 2.24) is 4.72 Å². The summed E-state index contributed by atoms with van der Waals surface area (Å²) in [6.07, 6.45) is 0. The number of nitrogens with one attached hydrogen (secondary N) is 1. The van der Waals surface area contributed by atoms with Gasteiger partial charge in [0.25, 0.3) is 0 Å². The predicted octanol–water partition coefficient (Wildman–Crippen LogP) is 1.67. The first-order valence-corrected chi connectivity index (χ1v) is 7.86. The zero-order valence-corrected chi connectivity index (χ0v) is 12.4. The normalized spacial score (nSPS) is 11.3. The highest BCUT2D eigenvalue weighted by molar-refractivity contribution is 7.89. The number of hydrogen-bond donors (Lipinski definition) is 2. The van der Waals surface area contributed by atoms with Gasteiger partial charge in [-0.05, 0) is 23.3 Å². The highest BCUT2D eigenvalue weighted by Gasteiger charge is 2.19. The van der Waals surface area contributed by atoms with Crippen molar-refractivity contribution in [1.29, 1.82) is 0 Å². The number of rotatable bonds is 6. The van der Waals surface area contributed by atoms with Crippen molar-refractivity contribution in [3.8, 4) is 5.75 Å². The van der Waals surface area contributed by atoms with E-state index in [1.165, 1.54) is 19.2 Å². The monoisotopic (exact) mass is 307 g/mol. The molecule has 0 aliphatic carbocycles. The third-order valence-electron chi connectivity index (χ3n) is 3.01. The van der Waals surface area contributed by atoms with Crippen LogP contribution in [0.3, 0.4) is 0 Å². The van der Waals surface area contributed by atoms with Gasteiger partial charge in [0, 0.05) is 6.54 Å². The van der Waals surface area contributed by atoms with Crippen LogP contribution in [0.5, 0.6) is 5.75 Å². The molecule has 0 unspecified atom stereocenters. The third-order valence-corrected chi connectivity index (χ3v) is 4.43. The van der Waals surface area contributed by atoms with Crippen molar-refractivity contribution in [3.63, 3.8) is 0 Å². The zero-order chi connectivity index (χ0) is 15.3. The SMILES string of the molecule is COc1ccc(CO)cc1S(=O)(=O)NCc1ccccc1. The molecular formula is C15H17NO4S. The van der Waals surface area contributed by atoms with Crippen LogP contribution in [0.25, 0.3) is 0 Å². The fraction of sp³-hybridized carbons (Fsp3) is 0.200. The van der Waals surface area contributed by atoms with E-state index < -0.39 is 10.0 Å². The molecule has 0 radical (unpaired) electrons. The molecule has 0 aromatic heterocycles. The molecule has 5 nitrogen and oxygen atoms in total. The highest BCUT2D eigenvalue weighted by Crippen LogP contribution is 2.25. The van der Waals surface area contributed by atoms with Gasteiger partial charge in [-0.3, -0.25) is 0 Å². The largest absolute Gasteiger partial charge is 0.495 e. The Morgan fingerprint density at radius 3 is 2.43 bits per heavy atom. The molecule has 2 N–H and O–H groups in total. The van der Waals surface area contributed by atoms with Crippen LogP contribution in [0, 0.1) is 0 Å². The molecule has 112 valence electrons. The van der Waals surface area contributed by atoms with Crippen LogP contribution in [0.2, 0.25) is 0 Å². The van der Waals surface area contributed by atoms with E-state index >= 15 is 0 Å². The molecule has 2 aromatic carbocycles. The molecule has 0 fully saturated rings. The molecular weight excluding hydrogens is 290 g/mol. The molecule has 2 rings (SSSR count). The summed E-state index contributed by atoms with van der Waals surface area (Å²) in [4.78, 5) is 0.0208. The molecule has 0 aliphatic rings. The van der Waals surface area contributed by atoms with Crippen molar-refractivity contribution in [2.24, 2.45) is 0 Å². The van der Waals surface area contributed by atoms with Gasteiger partial charge in [-0.15, -0.1) is 0 Å². The van der Waals surface area contributed by atoms with Gasteiger partial charge >= 0.3 is 0 Å². The topological polar surface area (TPSA) is 75.6 Å². The number of sulfonamides is 1. The van der Waals surface area contributed by atoms with E-state index in [1.54, 1.807) is 6.07 Å². The van der Waals surface area contributed by atoms with E-state index in [0.717, 1.165) is 5.56 Å². The summed E-state index contributed by atoms with van der Waals surface area (Å²) in [5.41, 5.74) is 1.37. The molecule has 0 heterocycles. The van der Waals surface area contributed by atoms with E-state index in [2.05, 4.69) is 4.72 Å². The smallest absolute Gasteiger partial charge is 0.244 e. The van der Waals surface area contributed by atoms with Gasteiger partial charge in [-0.2, -0.15) is 0 Å². The maximum absolute atomic E-state index is 12.4.